The van der Waals surface area contributed by atoms with Gasteiger partial charge in [0.1, 0.15) is 23.6 Å². The molecule has 4 rings (SSSR count). The van der Waals surface area contributed by atoms with Crippen LogP contribution in [0.2, 0.25) is 0 Å². The van der Waals surface area contributed by atoms with Crippen molar-refractivity contribution < 1.29 is 9.47 Å². The zero-order valence-electron chi connectivity index (χ0n) is 25.8. The minimum Gasteiger partial charge on any atom is -0.494 e. The van der Waals surface area contributed by atoms with Crippen LogP contribution in [0.25, 0.3) is 0 Å². The first-order valence-corrected chi connectivity index (χ1v) is 15.1. The lowest BCUT2D eigenvalue weighted by atomic mass is 10.1. The fourth-order valence-electron chi connectivity index (χ4n) is 4.06. The number of unbranched alkanes of at least 4 members (excludes halogenated alkanes) is 2. The number of rotatable bonds is 8. The van der Waals surface area contributed by atoms with Gasteiger partial charge in [-0.05, 0) is 116 Å². The molecular formula is C43H30N2O2. The molecule has 0 aromatic heterocycles. The van der Waals surface area contributed by atoms with Crippen LogP contribution in [0.3, 0.4) is 0 Å². The number of allylic oxidation sites excluding steroid dienone is 4. The molecule has 4 heteroatoms. The summed E-state index contributed by atoms with van der Waals surface area (Å²) in [5.41, 5.74) is 4.31. The molecule has 0 aliphatic rings. The lowest BCUT2D eigenvalue weighted by Gasteiger charge is -2.08. The summed E-state index contributed by atoms with van der Waals surface area (Å²) < 4.78 is 11.7. The average molecular weight is 607 g/mol. The predicted octanol–water partition coefficient (Wildman–Crippen LogP) is 7.98. The van der Waals surface area contributed by atoms with E-state index in [4.69, 9.17) is 20.0 Å². The minimum absolute atomic E-state index is 0.562. The van der Waals surface area contributed by atoms with Gasteiger partial charge in [-0.25, -0.2) is 0 Å². The summed E-state index contributed by atoms with van der Waals surface area (Å²) >= 11 is 0. The Balaban J connectivity index is 1.08. The fourth-order valence-corrected chi connectivity index (χ4v) is 4.06. The van der Waals surface area contributed by atoms with Crippen molar-refractivity contribution >= 4 is 0 Å². The van der Waals surface area contributed by atoms with Crippen molar-refractivity contribution in [3.63, 3.8) is 0 Å². The maximum atomic E-state index is 9.11. The second-order valence-electron chi connectivity index (χ2n) is 9.87. The second-order valence-corrected chi connectivity index (χ2v) is 9.87. The van der Waals surface area contributed by atoms with Crippen molar-refractivity contribution in [2.75, 3.05) is 13.2 Å². The van der Waals surface area contributed by atoms with Crippen LogP contribution >= 0.6 is 0 Å². The Labute approximate surface area is 277 Å². The van der Waals surface area contributed by atoms with Crippen molar-refractivity contribution in [3.8, 4) is 71.0 Å². The molecule has 47 heavy (non-hydrogen) atoms. The van der Waals surface area contributed by atoms with Gasteiger partial charge in [0, 0.05) is 22.3 Å². The summed E-state index contributed by atoms with van der Waals surface area (Å²) in [7, 11) is 0. The Morgan fingerprint density at radius 2 is 0.787 bits per heavy atom. The molecule has 4 aromatic rings. The molecule has 224 valence electrons. The molecule has 0 spiro atoms. The fraction of sp³-hybridized carbons (Fsp3) is 0.116. The summed E-state index contributed by atoms with van der Waals surface area (Å²) in [6.45, 7) is 1.28. The highest BCUT2D eigenvalue weighted by molar-refractivity contribution is 5.50. The first-order chi connectivity index (χ1) is 23.2. The Hall–Kier alpha value is -6.82. The quantitative estimate of drug-likeness (QED) is 0.151. The first kappa shape index (κ1) is 33.1. The molecule has 0 N–H and O–H groups in total. The molecule has 0 aliphatic carbocycles. The van der Waals surface area contributed by atoms with Gasteiger partial charge in [-0.15, -0.1) is 0 Å². The molecule has 0 aliphatic heterocycles. The predicted molar refractivity (Wildman–Crippen MR) is 186 cm³/mol. The SMILES string of the molecule is N#Cc1ccccc1C#C/C=C\C#Cc1ccc(OCCCCCOc2ccc(C#C/C=C\C#Cc3ccccc3C#N)cc2)cc1. The van der Waals surface area contributed by atoms with Crippen molar-refractivity contribution in [3.05, 3.63) is 155 Å². The third-order valence-corrected chi connectivity index (χ3v) is 6.48. The van der Waals surface area contributed by atoms with Crippen LogP contribution in [-0.2, 0) is 0 Å². The van der Waals surface area contributed by atoms with Crippen LogP contribution in [0.5, 0.6) is 11.5 Å². The van der Waals surface area contributed by atoms with Crippen LogP contribution in [0.1, 0.15) is 52.6 Å². The lowest BCUT2D eigenvalue weighted by molar-refractivity contribution is 0.279. The van der Waals surface area contributed by atoms with Crippen molar-refractivity contribution in [2.24, 2.45) is 0 Å². The van der Waals surface area contributed by atoms with E-state index in [2.05, 4.69) is 59.5 Å². The molecular weight excluding hydrogens is 576 g/mol. The van der Waals surface area contributed by atoms with Crippen LogP contribution in [0.4, 0.5) is 0 Å². The molecule has 0 saturated carbocycles. The van der Waals surface area contributed by atoms with E-state index in [-0.39, 0.29) is 0 Å². The molecule has 0 bridgehead atoms. The topological polar surface area (TPSA) is 66.0 Å². The van der Waals surface area contributed by atoms with E-state index in [1.54, 1.807) is 36.4 Å². The normalized spacial score (nSPS) is 9.66. The van der Waals surface area contributed by atoms with Gasteiger partial charge in [-0.2, -0.15) is 10.5 Å². The first-order valence-electron chi connectivity index (χ1n) is 15.1. The zero-order valence-corrected chi connectivity index (χ0v) is 25.8. The maximum Gasteiger partial charge on any atom is 0.119 e. The molecule has 0 unspecified atom stereocenters. The van der Waals surface area contributed by atoms with Gasteiger partial charge in [0.05, 0.1) is 24.3 Å². The summed E-state index contributed by atoms with van der Waals surface area (Å²) in [6.07, 6.45) is 9.62. The molecule has 0 radical (unpaired) electrons. The number of nitrogens with zero attached hydrogens (tertiary/aromatic N) is 2. The molecule has 0 amide bonds. The van der Waals surface area contributed by atoms with Gasteiger partial charge >= 0.3 is 0 Å². The van der Waals surface area contributed by atoms with Gasteiger partial charge in [0.15, 0.2) is 0 Å². The van der Waals surface area contributed by atoms with E-state index in [1.165, 1.54) is 0 Å². The van der Waals surface area contributed by atoms with Gasteiger partial charge in [-0.1, -0.05) is 71.6 Å². The number of nitriles is 2. The minimum atomic E-state index is 0.562. The summed E-state index contributed by atoms with van der Waals surface area (Å²) in [6, 6.07) is 34.2. The number of hydrogen-bond donors (Lipinski definition) is 0. The lowest BCUT2D eigenvalue weighted by Crippen LogP contribution is -2.01. The van der Waals surface area contributed by atoms with Crippen LogP contribution < -0.4 is 9.47 Å². The molecule has 0 fully saturated rings. The summed E-state index contributed by atoms with van der Waals surface area (Å²) in [5.74, 6) is 25.5. The summed E-state index contributed by atoms with van der Waals surface area (Å²) in [5, 5.41) is 18.2. The van der Waals surface area contributed by atoms with E-state index in [9.17, 15) is 0 Å². The highest BCUT2D eigenvalue weighted by Crippen LogP contribution is 2.14. The average Bonchev–Trinajstić information content (AvgIpc) is 3.12. The van der Waals surface area contributed by atoms with E-state index >= 15 is 0 Å². The number of benzene rings is 4. The van der Waals surface area contributed by atoms with Crippen LogP contribution in [0, 0.1) is 70.0 Å². The van der Waals surface area contributed by atoms with Crippen LogP contribution in [0.15, 0.2) is 121 Å². The number of hydrogen-bond acceptors (Lipinski definition) is 4. The molecule has 4 aromatic carbocycles. The summed E-state index contributed by atoms with van der Waals surface area (Å²) in [4.78, 5) is 0. The second kappa shape index (κ2) is 19.5. The Bertz CT molecular complexity index is 1890. The van der Waals surface area contributed by atoms with Gasteiger partial charge in [0.25, 0.3) is 0 Å². The highest BCUT2D eigenvalue weighted by atomic mass is 16.5. The molecule has 4 nitrogen and oxygen atoms in total. The van der Waals surface area contributed by atoms with Crippen LogP contribution in [-0.4, -0.2) is 13.2 Å². The van der Waals surface area contributed by atoms with E-state index in [0.717, 1.165) is 41.9 Å². The van der Waals surface area contributed by atoms with Crippen molar-refractivity contribution in [1.82, 2.24) is 0 Å². The largest absolute Gasteiger partial charge is 0.494 e. The van der Waals surface area contributed by atoms with Gasteiger partial charge in [0.2, 0.25) is 0 Å². The standard InChI is InChI=1S/C43H30N2O2/c44-34-40-22-12-10-20-38(40)18-8-3-1-6-16-36-24-28-42(29-25-36)46-32-14-5-15-33-47-43-30-26-37(27-31-43)17-7-2-4-9-19-39-21-11-13-23-41(39)35-45/h1-4,10-13,20-31H,5,14-15,32-33H2/b3-1-,4-2-. The Kier molecular flexibility index (Phi) is 13.7. The molecule has 0 heterocycles. The van der Waals surface area contributed by atoms with E-state index in [1.807, 2.05) is 84.9 Å². The Morgan fingerprint density at radius 3 is 1.17 bits per heavy atom. The van der Waals surface area contributed by atoms with Crippen molar-refractivity contribution in [2.45, 2.75) is 19.3 Å². The van der Waals surface area contributed by atoms with Gasteiger partial charge in [-0.3, -0.25) is 0 Å². The third kappa shape index (κ3) is 12.0. The monoisotopic (exact) mass is 606 g/mol. The maximum absolute atomic E-state index is 9.11. The molecule has 0 atom stereocenters. The smallest absolute Gasteiger partial charge is 0.119 e. The van der Waals surface area contributed by atoms with Gasteiger partial charge < -0.3 is 9.47 Å². The highest BCUT2D eigenvalue weighted by Gasteiger charge is 1.98. The third-order valence-electron chi connectivity index (χ3n) is 6.48. The van der Waals surface area contributed by atoms with E-state index in [0.29, 0.717) is 35.5 Å². The van der Waals surface area contributed by atoms with E-state index < -0.39 is 0 Å². The zero-order chi connectivity index (χ0) is 32.8. The Morgan fingerprint density at radius 1 is 0.426 bits per heavy atom. The van der Waals surface area contributed by atoms with Crippen molar-refractivity contribution in [1.29, 1.82) is 10.5 Å². The molecule has 0 saturated heterocycles. The number of ether oxygens (including phenoxy) is 2.